The van der Waals surface area contributed by atoms with E-state index in [1.54, 1.807) is 6.07 Å². The van der Waals surface area contributed by atoms with Gasteiger partial charge in [-0.25, -0.2) is 0 Å². The van der Waals surface area contributed by atoms with Gasteiger partial charge in [0.2, 0.25) is 0 Å². The van der Waals surface area contributed by atoms with E-state index in [-0.39, 0.29) is 0 Å². The summed E-state index contributed by atoms with van der Waals surface area (Å²) in [6.07, 6.45) is -3.19. The fourth-order valence-corrected chi connectivity index (χ4v) is 1.46. The second-order valence-corrected chi connectivity index (χ2v) is 4.34. The Balaban J connectivity index is 2.55. The largest absolute Gasteiger partial charge is 0.416 e. The molecule has 0 aliphatic rings. The van der Waals surface area contributed by atoms with Gasteiger partial charge in [0.05, 0.1) is 5.56 Å². The van der Waals surface area contributed by atoms with Crippen molar-refractivity contribution < 1.29 is 13.2 Å². The first-order valence-corrected chi connectivity index (χ1v) is 5.80. The number of nitrogens with one attached hydrogen (secondary N) is 1. The van der Waals surface area contributed by atoms with E-state index in [1.807, 2.05) is 0 Å². The van der Waals surface area contributed by atoms with Crippen molar-refractivity contribution in [3.05, 3.63) is 35.4 Å². The molecular formula is C13H18F3N. The molecule has 1 aromatic carbocycles. The second-order valence-electron chi connectivity index (χ2n) is 4.34. The van der Waals surface area contributed by atoms with Gasteiger partial charge in [0.15, 0.2) is 0 Å². The van der Waals surface area contributed by atoms with Crippen molar-refractivity contribution in [2.45, 2.75) is 33.0 Å². The van der Waals surface area contributed by atoms with Gasteiger partial charge in [-0.1, -0.05) is 38.5 Å². The molecule has 4 heteroatoms. The van der Waals surface area contributed by atoms with E-state index in [1.165, 1.54) is 12.1 Å². The van der Waals surface area contributed by atoms with Crippen LogP contribution in [0.25, 0.3) is 0 Å². The molecule has 1 rings (SSSR count). The third-order valence-corrected chi connectivity index (χ3v) is 2.77. The summed E-state index contributed by atoms with van der Waals surface area (Å²) in [6, 6.07) is 5.45. The highest BCUT2D eigenvalue weighted by Crippen LogP contribution is 2.29. The third kappa shape index (κ3) is 4.77. The lowest BCUT2D eigenvalue weighted by molar-refractivity contribution is -0.137. The number of alkyl halides is 3. The minimum atomic E-state index is -4.26. The fraction of sp³-hybridized carbons (Fsp3) is 0.538. The fourth-order valence-electron chi connectivity index (χ4n) is 1.46. The quantitative estimate of drug-likeness (QED) is 0.831. The average molecular weight is 245 g/mol. The standard InChI is InChI=1S/C13H18F3N/c1-3-10(2)8-17-9-11-5-4-6-12(7-11)13(14,15)16/h4-7,10,17H,3,8-9H2,1-2H3. The van der Waals surface area contributed by atoms with Gasteiger partial charge in [0.25, 0.3) is 0 Å². The Hall–Kier alpha value is -1.03. The van der Waals surface area contributed by atoms with Gasteiger partial charge >= 0.3 is 6.18 Å². The molecule has 1 aromatic rings. The first kappa shape index (κ1) is 14.0. The highest BCUT2D eigenvalue weighted by molar-refractivity contribution is 5.25. The predicted octanol–water partition coefficient (Wildman–Crippen LogP) is 3.84. The molecule has 17 heavy (non-hydrogen) atoms. The van der Waals surface area contributed by atoms with Crippen LogP contribution in [0.3, 0.4) is 0 Å². The van der Waals surface area contributed by atoms with Crippen LogP contribution in [0.5, 0.6) is 0 Å². The van der Waals surface area contributed by atoms with E-state index in [0.29, 0.717) is 18.0 Å². The minimum Gasteiger partial charge on any atom is -0.312 e. The van der Waals surface area contributed by atoms with E-state index < -0.39 is 11.7 Å². The zero-order valence-electron chi connectivity index (χ0n) is 10.1. The third-order valence-electron chi connectivity index (χ3n) is 2.77. The number of benzene rings is 1. The Bertz CT molecular complexity index is 347. The molecule has 1 unspecified atom stereocenters. The van der Waals surface area contributed by atoms with Gasteiger partial charge in [0, 0.05) is 6.54 Å². The van der Waals surface area contributed by atoms with Crippen LogP contribution in [-0.4, -0.2) is 6.54 Å². The van der Waals surface area contributed by atoms with Crippen molar-refractivity contribution in [2.75, 3.05) is 6.54 Å². The molecule has 0 aliphatic heterocycles. The zero-order chi connectivity index (χ0) is 12.9. The maximum Gasteiger partial charge on any atom is 0.416 e. The highest BCUT2D eigenvalue weighted by atomic mass is 19.4. The number of halogens is 3. The molecule has 0 spiro atoms. The van der Waals surface area contributed by atoms with E-state index in [2.05, 4.69) is 19.2 Å². The minimum absolute atomic E-state index is 0.480. The average Bonchev–Trinajstić information content (AvgIpc) is 2.28. The normalized spacial score (nSPS) is 13.7. The van der Waals surface area contributed by atoms with Crippen LogP contribution in [0.2, 0.25) is 0 Å². The van der Waals surface area contributed by atoms with Crippen LogP contribution >= 0.6 is 0 Å². The molecule has 0 saturated heterocycles. The van der Waals surface area contributed by atoms with E-state index >= 15 is 0 Å². The van der Waals surface area contributed by atoms with Crippen LogP contribution < -0.4 is 5.32 Å². The van der Waals surface area contributed by atoms with Crippen LogP contribution in [-0.2, 0) is 12.7 Å². The summed E-state index contributed by atoms with van der Waals surface area (Å²) in [4.78, 5) is 0. The van der Waals surface area contributed by atoms with Crippen molar-refractivity contribution >= 4 is 0 Å². The lowest BCUT2D eigenvalue weighted by Gasteiger charge is -2.11. The Kier molecular flexibility index (Phi) is 5.00. The van der Waals surface area contributed by atoms with E-state index in [0.717, 1.165) is 19.0 Å². The molecule has 0 aliphatic carbocycles. The summed E-state index contributed by atoms with van der Waals surface area (Å²) in [7, 11) is 0. The van der Waals surface area contributed by atoms with E-state index in [4.69, 9.17) is 0 Å². The molecule has 1 atom stereocenters. The molecule has 96 valence electrons. The van der Waals surface area contributed by atoms with Crippen molar-refractivity contribution in [2.24, 2.45) is 5.92 Å². The molecule has 0 heterocycles. The molecule has 0 aromatic heterocycles. The Morgan fingerprint density at radius 1 is 1.29 bits per heavy atom. The molecule has 0 radical (unpaired) electrons. The van der Waals surface area contributed by atoms with Gasteiger partial charge < -0.3 is 5.32 Å². The topological polar surface area (TPSA) is 12.0 Å². The first-order valence-electron chi connectivity index (χ1n) is 5.80. The molecule has 0 amide bonds. The summed E-state index contributed by atoms with van der Waals surface area (Å²) < 4.78 is 37.4. The van der Waals surface area contributed by atoms with Crippen molar-refractivity contribution in [1.82, 2.24) is 5.32 Å². The maximum atomic E-state index is 12.5. The monoisotopic (exact) mass is 245 g/mol. The molecule has 0 saturated carbocycles. The van der Waals surface area contributed by atoms with Crippen molar-refractivity contribution in [3.63, 3.8) is 0 Å². The predicted molar refractivity (Wildman–Crippen MR) is 62.6 cm³/mol. The Labute approximate surface area is 100 Å². The smallest absolute Gasteiger partial charge is 0.312 e. The van der Waals surface area contributed by atoms with Gasteiger partial charge in [-0.05, 0) is 24.1 Å². The number of hydrogen-bond acceptors (Lipinski definition) is 1. The molecule has 0 fully saturated rings. The Morgan fingerprint density at radius 3 is 2.59 bits per heavy atom. The zero-order valence-corrected chi connectivity index (χ0v) is 10.1. The summed E-state index contributed by atoms with van der Waals surface area (Å²) in [5.41, 5.74) is 0.0865. The maximum absolute atomic E-state index is 12.5. The molecule has 1 nitrogen and oxygen atoms in total. The lowest BCUT2D eigenvalue weighted by Crippen LogP contribution is -2.20. The summed E-state index contributed by atoms with van der Waals surface area (Å²) in [5, 5.41) is 3.16. The molecule has 1 N–H and O–H groups in total. The van der Waals surface area contributed by atoms with Gasteiger partial charge in [-0.15, -0.1) is 0 Å². The van der Waals surface area contributed by atoms with Crippen LogP contribution in [0.15, 0.2) is 24.3 Å². The molecular weight excluding hydrogens is 227 g/mol. The molecule has 0 bridgehead atoms. The van der Waals surface area contributed by atoms with Crippen molar-refractivity contribution in [3.8, 4) is 0 Å². The summed E-state index contributed by atoms with van der Waals surface area (Å²) in [6.45, 7) is 5.51. The second kappa shape index (κ2) is 6.05. The number of rotatable bonds is 5. The van der Waals surface area contributed by atoms with E-state index in [9.17, 15) is 13.2 Å². The lowest BCUT2D eigenvalue weighted by atomic mass is 10.1. The highest BCUT2D eigenvalue weighted by Gasteiger charge is 2.30. The summed E-state index contributed by atoms with van der Waals surface area (Å²) >= 11 is 0. The number of hydrogen-bond donors (Lipinski definition) is 1. The summed E-state index contributed by atoms with van der Waals surface area (Å²) in [5.74, 6) is 0.542. The SMILES string of the molecule is CCC(C)CNCc1cccc(C(F)(F)F)c1. The van der Waals surface area contributed by atoms with Gasteiger partial charge in [0.1, 0.15) is 0 Å². The van der Waals surface area contributed by atoms with Gasteiger partial charge in [-0.3, -0.25) is 0 Å². The first-order chi connectivity index (χ1) is 7.93. The van der Waals surface area contributed by atoms with Crippen LogP contribution in [0, 0.1) is 5.92 Å². The Morgan fingerprint density at radius 2 is 2.00 bits per heavy atom. The van der Waals surface area contributed by atoms with Crippen LogP contribution in [0.1, 0.15) is 31.4 Å². The van der Waals surface area contributed by atoms with Crippen molar-refractivity contribution in [1.29, 1.82) is 0 Å². The van der Waals surface area contributed by atoms with Crippen LogP contribution in [0.4, 0.5) is 13.2 Å². The van der Waals surface area contributed by atoms with Gasteiger partial charge in [-0.2, -0.15) is 13.2 Å².